The van der Waals surface area contributed by atoms with Gasteiger partial charge in [0, 0.05) is 35.8 Å². The third kappa shape index (κ3) is 2.04. The van der Waals surface area contributed by atoms with Gasteiger partial charge in [0.05, 0.1) is 0 Å². The molecular weight excluding hydrogens is 286 g/mol. The SMILES string of the molecule is CN1C2CCC1CC(NC(=O)N1CC3(CC3)c3ccccc31)C2. The molecule has 4 heteroatoms. The van der Waals surface area contributed by atoms with Crippen molar-refractivity contribution in [1.29, 1.82) is 0 Å². The van der Waals surface area contributed by atoms with Gasteiger partial charge in [-0.05, 0) is 57.2 Å². The Morgan fingerprint density at radius 1 is 1.17 bits per heavy atom. The van der Waals surface area contributed by atoms with E-state index in [0.29, 0.717) is 18.1 Å². The smallest absolute Gasteiger partial charge is 0.322 e. The number of carbonyl (C=O) groups excluding carboxylic acids is 1. The molecule has 3 aliphatic heterocycles. The third-order valence-electron chi connectivity index (χ3n) is 6.75. The highest BCUT2D eigenvalue weighted by molar-refractivity contribution is 5.95. The lowest BCUT2D eigenvalue weighted by Gasteiger charge is -2.37. The number of carbonyl (C=O) groups is 1. The molecule has 3 heterocycles. The Balaban J connectivity index is 1.33. The van der Waals surface area contributed by atoms with Crippen molar-refractivity contribution in [3.05, 3.63) is 29.8 Å². The minimum Gasteiger partial charge on any atom is -0.335 e. The summed E-state index contributed by atoms with van der Waals surface area (Å²) >= 11 is 0. The summed E-state index contributed by atoms with van der Waals surface area (Å²) in [6.45, 7) is 0.873. The van der Waals surface area contributed by atoms with Crippen LogP contribution in [0.5, 0.6) is 0 Å². The Morgan fingerprint density at radius 3 is 2.57 bits per heavy atom. The summed E-state index contributed by atoms with van der Waals surface area (Å²) in [7, 11) is 2.24. The van der Waals surface area contributed by atoms with Gasteiger partial charge in [-0.2, -0.15) is 0 Å². The normalized spacial score (nSPS) is 33.8. The number of rotatable bonds is 1. The fourth-order valence-corrected chi connectivity index (χ4v) is 5.17. The van der Waals surface area contributed by atoms with E-state index in [-0.39, 0.29) is 11.4 Å². The van der Waals surface area contributed by atoms with Crippen LogP contribution < -0.4 is 10.2 Å². The van der Waals surface area contributed by atoms with E-state index in [1.165, 1.54) is 31.2 Å². The predicted octanol–water partition coefficient (Wildman–Crippen LogP) is 2.87. The average Bonchev–Trinajstić information content (AvgIpc) is 3.22. The quantitative estimate of drug-likeness (QED) is 0.865. The lowest BCUT2D eigenvalue weighted by atomic mass is 9.98. The standard InChI is InChI=1S/C19H25N3O/c1-21-14-6-7-15(21)11-13(10-14)20-18(23)22-12-19(8-9-19)16-4-2-3-5-17(16)22/h2-5,13-15H,6-12H2,1H3,(H,20,23). The Bertz CT molecular complexity index is 640. The third-order valence-corrected chi connectivity index (χ3v) is 6.75. The number of fused-ring (bicyclic) bond motifs is 4. The molecule has 1 saturated carbocycles. The fourth-order valence-electron chi connectivity index (χ4n) is 5.17. The van der Waals surface area contributed by atoms with E-state index in [1.807, 2.05) is 4.90 Å². The summed E-state index contributed by atoms with van der Waals surface area (Å²) in [6.07, 6.45) is 7.27. The summed E-state index contributed by atoms with van der Waals surface area (Å²) in [4.78, 5) is 17.4. The van der Waals surface area contributed by atoms with E-state index in [1.54, 1.807) is 0 Å². The molecule has 4 aliphatic rings. The van der Waals surface area contributed by atoms with Crippen molar-refractivity contribution in [2.75, 3.05) is 18.5 Å². The number of para-hydroxylation sites is 1. The number of hydrogen-bond acceptors (Lipinski definition) is 2. The Kier molecular flexibility index (Phi) is 2.85. The first kappa shape index (κ1) is 13.8. The second kappa shape index (κ2) is 4.73. The number of piperidine rings is 1. The number of hydrogen-bond donors (Lipinski definition) is 1. The molecule has 2 atom stereocenters. The van der Waals surface area contributed by atoms with Crippen molar-refractivity contribution in [3.63, 3.8) is 0 Å². The molecule has 1 spiro atoms. The zero-order chi connectivity index (χ0) is 15.6. The molecule has 2 unspecified atom stereocenters. The second-order valence-corrected chi connectivity index (χ2v) is 8.05. The number of amides is 2. The Morgan fingerprint density at radius 2 is 1.87 bits per heavy atom. The van der Waals surface area contributed by atoms with Crippen molar-refractivity contribution < 1.29 is 4.79 Å². The van der Waals surface area contributed by atoms with Gasteiger partial charge in [-0.15, -0.1) is 0 Å². The minimum atomic E-state index is 0.121. The van der Waals surface area contributed by atoms with Crippen LogP contribution in [0.3, 0.4) is 0 Å². The topological polar surface area (TPSA) is 35.6 Å². The number of nitrogens with one attached hydrogen (secondary N) is 1. The fraction of sp³-hybridized carbons (Fsp3) is 0.632. The molecule has 1 aromatic carbocycles. The van der Waals surface area contributed by atoms with E-state index in [2.05, 4.69) is 41.5 Å². The van der Waals surface area contributed by atoms with Gasteiger partial charge in [0.1, 0.15) is 0 Å². The predicted molar refractivity (Wildman–Crippen MR) is 90.8 cm³/mol. The molecule has 1 N–H and O–H groups in total. The number of benzene rings is 1. The highest BCUT2D eigenvalue weighted by atomic mass is 16.2. The molecule has 1 aromatic rings. The van der Waals surface area contributed by atoms with Crippen LogP contribution in [0.4, 0.5) is 10.5 Å². The van der Waals surface area contributed by atoms with E-state index in [0.717, 1.165) is 25.1 Å². The summed E-state index contributed by atoms with van der Waals surface area (Å²) in [6, 6.07) is 10.3. The molecule has 2 saturated heterocycles. The first-order valence-electron chi connectivity index (χ1n) is 9.06. The van der Waals surface area contributed by atoms with Crippen LogP contribution in [0.25, 0.3) is 0 Å². The largest absolute Gasteiger partial charge is 0.335 e. The lowest BCUT2D eigenvalue weighted by molar-refractivity contribution is 0.150. The van der Waals surface area contributed by atoms with Gasteiger partial charge >= 0.3 is 6.03 Å². The van der Waals surface area contributed by atoms with E-state index >= 15 is 0 Å². The van der Waals surface area contributed by atoms with Crippen molar-refractivity contribution >= 4 is 11.7 Å². The highest BCUT2D eigenvalue weighted by Crippen LogP contribution is 2.56. The van der Waals surface area contributed by atoms with Crippen LogP contribution in [0.2, 0.25) is 0 Å². The van der Waals surface area contributed by atoms with Gasteiger partial charge in [0.2, 0.25) is 0 Å². The van der Waals surface area contributed by atoms with Crippen molar-refractivity contribution in [2.24, 2.45) is 0 Å². The molecule has 0 aromatic heterocycles. The van der Waals surface area contributed by atoms with Gasteiger partial charge in [0.25, 0.3) is 0 Å². The zero-order valence-corrected chi connectivity index (χ0v) is 13.8. The summed E-state index contributed by atoms with van der Waals surface area (Å²) < 4.78 is 0. The van der Waals surface area contributed by atoms with Gasteiger partial charge in [-0.3, -0.25) is 4.90 Å². The summed E-state index contributed by atoms with van der Waals surface area (Å²) in [5.41, 5.74) is 2.80. The minimum absolute atomic E-state index is 0.121. The molecule has 5 rings (SSSR count). The van der Waals surface area contributed by atoms with Gasteiger partial charge in [-0.25, -0.2) is 4.79 Å². The molecule has 2 bridgehead atoms. The zero-order valence-electron chi connectivity index (χ0n) is 13.8. The van der Waals surface area contributed by atoms with Crippen molar-refractivity contribution in [1.82, 2.24) is 10.2 Å². The first-order valence-corrected chi connectivity index (χ1v) is 9.06. The average molecular weight is 311 g/mol. The molecule has 4 nitrogen and oxygen atoms in total. The van der Waals surface area contributed by atoms with Crippen LogP contribution in [-0.2, 0) is 5.41 Å². The van der Waals surface area contributed by atoms with Crippen LogP contribution in [0, 0.1) is 0 Å². The van der Waals surface area contributed by atoms with Crippen LogP contribution in [-0.4, -0.2) is 42.6 Å². The first-order chi connectivity index (χ1) is 11.2. The molecule has 1 aliphatic carbocycles. The van der Waals surface area contributed by atoms with Crippen molar-refractivity contribution in [3.8, 4) is 0 Å². The van der Waals surface area contributed by atoms with E-state index < -0.39 is 0 Å². The van der Waals surface area contributed by atoms with Crippen LogP contribution >= 0.6 is 0 Å². The summed E-state index contributed by atoms with van der Waals surface area (Å²) in [5.74, 6) is 0. The maximum atomic E-state index is 12.9. The van der Waals surface area contributed by atoms with Crippen molar-refractivity contribution in [2.45, 2.75) is 62.1 Å². The van der Waals surface area contributed by atoms with Crippen LogP contribution in [0.15, 0.2) is 24.3 Å². The monoisotopic (exact) mass is 311 g/mol. The summed E-state index contributed by atoms with van der Waals surface area (Å²) in [5, 5.41) is 3.35. The highest BCUT2D eigenvalue weighted by Gasteiger charge is 2.53. The van der Waals surface area contributed by atoms with Gasteiger partial charge in [-0.1, -0.05) is 18.2 Å². The van der Waals surface area contributed by atoms with Gasteiger partial charge in [0.15, 0.2) is 0 Å². The van der Waals surface area contributed by atoms with E-state index in [9.17, 15) is 4.79 Å². The Labute approximate surface area is 137 Å². The lowest BCUT2D eigenvalue weighted by Crippen LogP contribution is -2.52. The number of urea groups is 1. The Hall–Kier alpha value is -1.55. The number of anilines is 1. The van der Waals surface area contributed by atoms with E-state index in [4.69, 9.17) is 0 Å². The maximum Gasteiger partial charge on any atom is 0.322 e. The maximum absolute atomic E-state index is 12.9. The van der Waals surface area contributed by atoms with Gasteiger partial charge < -0.3 is 10.2 Å². The molecule has 3 fully saturated rings. The van der Waals surface area contributed by atoms with Crippen LogP contribution in [0.1, 0.15) is 44.1 Å². The molecule has 122 valence electrons. The molecular formula is C19H25N3O. The number of nitrogens with zero attached hydrogens (tertiary/aromatic N) is 2. The molecule has 2 amide bonds. The second-order valence-electron chi connectivity index (χ2n) is 8.05. The molecule has 23 heavy (non-hydrogen) atoms. The molecule has 0 radical (unpaired) electrons.